The van der Waals surface area contributed by atoms with E-state index in [9.17, 15) is 24.0 Å². The van der Waals surface area contributed by atoms with Crippen LogP contribution in [-0.4, -0.2) is 65.1 Å². The van der Waals surface area contributed by atoms with Gasteiger partial charge in [-0.15, -0.1) is 0 Å². The Labute approximate surface area is 184 Å². The van der Waals surface area contributed by atoms with E-state index in [1.807, 2.05) is 0 Å². The van der Waals surface area contributed by atoms with Crippen LogP contribution in [0.3, 0.4) is 0 Å². The van der Waals surface area contributed by atoms with Gasteiger partial charge in [-0.3, -0.25) is 19.2 Å². The van der Waals surface area contributed by atoms with E-state index in [-0.39, 0.29) is 31.6 Å². The number of aliphatic carboxylic acids is 1. The lowest BCUT2D eigenvalue weighted by atomic mass is 10.0. The summed E-state index contributed by atoms with van der Waals surface area (Å²) in [5.74, 6) is -4.28. The highest BCUT2D eigenvalue weighted by Gasteiger charge is 2.29. The predicted octanol–water partition coefficient (Wildman–Crippen LogP) is -2.08. The van der Waals surface area contributed by atoms with Gasteiger partial charge in [0.15, 0.2) is 0 Å². The molecule has 3 atom stereocenters. The van der Waals surface area contributed by atoms with Crippen LogP contribution in [0, 0.1) is 0 Å². The van der Waals surface area contributed by atoms with Crippen LogP contribution >= 0.6 is 12.6 Å². The van der Waals surface area contributed by atoms with Crippen molar-refractivity contribution in [1.82, 2.24) is 16.0 Å². The van der Waals surface area contributed by atoms with E-state index in [0.29, 0.717) is 0 Å². The summed E-state index contributed by atoms with van der Waals surface area (Å²) < 4.78 is 0. The van der Waals surface area contributed by atoms with E-state index in [0.717, 1.165) is 5.56 Å². The summed E-state index contributed by atoms with van der Waals surface area (Å²) in [5, 5.41) is 16.3. The maximum Gasteiger partial charge on any atom is 0.327 e. The fraction of sp³-hybridized carbons (Fsp3) is 0.421. The average Bonchev–Trinajstić information content (AvgIpc) is 2.74. The fourth-order valence-electron chi connectivity index (χ4n) is 2.60. The minimum absolute atomic E-state index is 0.122. The van der Waals surface area contributed by atoms with E-state index in [2.05, 4.69) is 28.6 Å². The summed E-state index contributed by atoms with van der Waals surface area (Å²) in [6.07, 6.45) is -0.263. The number of carbonyl (C=O) groups excluding carboxylic acids is 4. The summed E-state index contributed by atoms with van der Waals surface area (Å²) in [7, 11) is 0. The molecule has 12 heteroatoms. The first-order valence-electron chi connectivity index (χ1n) is 9.44. The zero-order valence-corrected chi connectivity index (χ0v) is 17.6. The molecule has 1 aromatic rings. The Morgan fingerprint density at radius 1 is 0.935 bits per heavy atom. The molecule has 0 bridgehead atoms. The quantitative estimate of drug-likeness (QED) is 0.166. The monoisotopic (exact) mass is 453 g/mol. The summed E-state index contributed by atoms with van der Waals surface area (Å²) in [6, 6.07) is 5.25. The largest absolute Gasteiger partial charge is 0.480 e. The van der Waals surface area contributed by atoms with Gasteiger partial charge in [0.1, 0.15) is 18.1 Å². The molecule has 0 aromatic heterocycles. The number of carbonyl (C=O) groups is 5. The molecule has 11 nitrogen and oxygen atoms in total. The van der Waals surface area contributed by atoms with Gasteiger partial charge >= 0.3 is 5.97 Å². The number of thiol groups is 1. The van der Waals surface area contributed by atoms with Crippen LogP contribution in [0.5, 0.6) is 0 Å². The molecule has 0 radical (unpaired) electrons. The van der Waals surface area contributed by atoms with Gasteiger partial charge in [-0.1, -0.05) is 30.3 Å². The Morgan fingerprint density at radius 3 is 2.03 bits per heavy atom. The minimum Gasteiger partial charge on any atom is -0.480 e. The number of benzene rings is 1. The molecule has 1 aromatic carbocycles. The van der Waals surface area contributed by atoms with Crippen LogP contribution in [0.25, 0.3) is 0 Å². The number of primary amides is 1. The van der Waals surface area contributed by atoms with E-state index in [1.165, 1.54) is 0 Å². The SMILES string of the molecule is NCC(=O)NC(Cc1ccccc1)C(=O)NC(CCC(N)=O)C(=O)NC(CS)C(=O)O. The second-order valence-corrected chi connectivity index (χ2v) is 7.03. The van der Waals surface area contributed by atoms with Crippen molar-refractivity contribution < 1.29 is 29.1 Å². The first kappa shape index (κ1) is 25.9. The average molecular weight is 454 g/mol. The fourth-order valence-corrected chi connectivity index (χ4v) is 2.85. The normalized spacial score (nSPS) is 13.4. The van der Waals surface area contributed by atoms with Gasteiger partial charge in [0.2, 0.25) is 23.6 Å². The van der Waals surface area contributed by atoms with E-state index in [1.54, 1.807) is 30.3 Å². The number of hydrogen-bond acceptors (Lipinski definition) is 7. The highest BCUT2D eigenvalue weighted by atomic mass is 32.1. The molecular weight excluding hydrogens is 426 g/mol. The highest BCUT2D eigenvalue weighted by molar-refractivity contribution is 7.80. The number of carboxylic acids is 1. The van der Waals surface area contributed by atoms with Crippen molar-refractivity contribution in [2.45, 2.75) is 37.4 Å². The lowest BCUT2D eigenvalue weighted by Gasteiger charge is -2.24. The summed E-state index contributed by atoms with van der Waals surface area (Å²) in [5.41, 5.74) is 11.2. The van der Waals surface area contributed by atoms with Gasteiger partial charge in [-0.2, -0.15) is 12.6 Å². The van der Waals surface area contributed by atoms with Gasteiger partial charge in [0.05, 0.1) is 6.54 Å². The number of amides is 4. The number of hydrogen-bond donors (Lipinski definition) is 7. The molecule has 0 fully saturated rings. The Bertz CT molecular complexity index is 791. The van der Waals surface area contributed by atoms with E-state index < -0.39 is 47.7 Å². The first-order valence-corrected chi connectivity index (χ1v) is 10.1. The number of nitrogens with one attached hydrogen (secondary N) is 3. The van der Waals surface area contributed by atoms with Crippen molar-refractivity contribution in [3.05, 3.63) is 35.9 Å². The molecule has 4 amide bonds. The number of nitrogens with two attached hydrogens (primary N) is 2. The third kappa shape index (κ3) is 9.49. The topological polar surface area (TPSA) is 194 Å². The number of rotatable bonds is 13. The van der Waals surface area contributed by atoms with Crippen LogP contribution in [0.4, 0.5) is 0 Å². The molecule has 0 aliphatic rings. The Kier molecular flexibility index (Phi) is 11.1. The minimum atomic E-state index is -1.31. The van der Waals surface area contributed by atoms with Crippen LogP contribution < -0.4 is 27.4 Å². The molecule has 0 aliphatic carbocycles. The predicted molar refractivity (Wildman–Crippen MR) is 115 cm³/mol. The van der Waals surface area contributed by atoms with Crippen molar-refractivity contribution in [2.24, 2.45) is 11.5 Å². The number of carboxylic acid groups (broad SMARTS) is 1. The molecule has 0 saturated carbocycles. The molecular formula is C19H27N5O6S. The zero-order valence-electron chi connectivity index (χ0n) is 16.7. The molecule has 0 aliphatic heterocycles. The third-order valence-corrected chi connectivity index (χ3v) is 4.59. The smallest absolute Gasteiger partial charge is 0.327 e. The van der Waals surface area contributed by atoms with Gasteiger partial charge in [0.25, 0.3) is 0 Å². The second kappa shape index (κ2) is 13.2. The lowest BCUT2D eigenvalue weighted by molar-refractivity contribution is -0.141. The van der Waals surface area contributed by atoms with Crippen molar-refractivity contribution in [3.63, 3.8) is 0 Å². The lowest BCUT2D eigenvalue weighted by Crippen LogP contribution is -2.57. The van der Waals surface area contributed by atoms with E-state index in [4.69, 9.17) is 16.6 Å². The standard InChI is InChI=1S/C19H27N5O6S/c20-9-16(26)22-13(8-11-4-2-1-3-5-11)18(28)23-12(6-7-15(21)25)17(27)24-14(10-31)19(29)30/h1-5,12-14,31H,6-10,20H2,(H2,21,25)(H,22,26)(H,23,28)(H,24,27)(H,29,30). The van der Waals surface area contributed by atoms with Crippen LogP contribution in [0.2, 0.25) is 0 Å². The summed E-state index contributed by atoms with van der Waals surface area (Å²) in [4.78, 5) is 59.5. The van der Waals surface area contributed by atoms with Crippen molar-refractivity contribution in [2.75, 3.05) is 12.3 Å². The summed E-state index contributed by atoms with van der Waals surface area (Å²) >= 11 is 3.87. The van der Waals surface area contributed by atoms with Crippen molar-refractivity contribution >= 4 is 42.2 Å². The van der Waals surface area contributed by atoms with Gasteiger partial charge < -0.3 is 32.5 Å². The molecule has 0 saturated heterocycles. The molecule has 1 rings (SSSR count). The molecule has 0 spiro atoms. The summed E-state index contributed by atoms with van der Waals surface area (Å²) in [6.45, 7) is -0.341. The Balaban J connectivity index is 3.00. The third-order valence-electron chi connectivity index (χ3n) is 4.23. The Hall–Kier alpha value is -3.12. The first-order chi connectivity index (χ1) is 14.7. The van der Waals surface area contributed by atoms with E-state index >= 15 is 0 Å². The maximum atomic E-state index is 12.9. The van der Waals surface area contributed by atoms with Crippen LogP contribution in [0.15, 0.2) is 30.3 Å². The molecule has 31 heavy (non-hydrogen) atoms. The van der Waals surface area contributed by atoms with Gasteiger partial charge in [0, 0.05) is 18.6 Å². The van der Waals surface area contributed by atoms with Crippen molar-refractivity contribution in [1.29, 1.82) is 0 Å². The zero-order chi connectivity index (χ0) is 23.4. The Morgan fingerprint density at radius 2 is 1.52 bits per heavy atom. The molecule has 0 heterocycles. The van der Waals surface area contributed by atoms with Crippen LogP contribution in [0.1, 0.15) is 18.4 Å². The highest BCUT2D eigenvalue weighted by Crippen LogP contribution is 2.06. The molecule has 3 unspecified atom stereocenters. The van der Waals surface area contributed by atoms with Gasteiger partial charge in [-0.05, 0) is 12.0 Å². The maximum absolute atomic E-state index is 12.9. The van der Waals surface area contributed by atoms with Crippen LogP contribution in [-0.2, 0) is 30.4 Å². The van der Waals surface area contributed by atoms with Gasteiger partial charge in [-0.25, -0.2) is 4.79 Å². The van der Waals surface area contributed by atoms with Crippen molar-refractivity contribution in [3.8, 4) is 0 Å². The second-order valence-electron chi connectivity index (χ2n) is 6.66. The molecule has 170 valence electrons. The molecule has 8 N–H and O–H groups in total.